The van der Waals surface area contributed by atoms with E-state index < -0.39 is 10.0 Å². The number of anilines is 2. The number of hydrogen-bond acceptors (Lipinski definition) is 3. The van der Waals surface area contributed by atoms with Gasteiger partial charge in [-0.3, -0.25) is 0 Å². The van der Waals surface area contributed by atoms with Crippen molar-refractivity contribution in [2.75, 3.05) is 5.32 Å². The van der Waals surface area contributed by atoms with Crippen LogP contribution in [0.25, 0.3) is 0 Å². The van der Waals surface area contributed by atoms with Gasteiger partial charge in [-0.1, -0.05) is 54.1 Å². The van der Waals surface area contributed by atoms with Crippen LogP contribution >= 0.6 is 11.6 Å². The van der Waals surface area contributed by atoms with E-state index in [0.29, 0.717) is 10.7 Å². The Morgan fingerprint density at radius 1 is 0.800 bits per heavy atom. The first-order chi connectivity index (χ1) is 12.0. The lowest BCUT2D eigenvalue weighted by Crippen LogP contribution is -2.23. The second-order valence-corrected chi connectivity index (χ2v) is 7.61. The number of para-hydroxylation sites is 1. The van der Waals surface area contributed by atoms with Gasteiger partial charge in [0.2, 0.25) is 10.0 Å². The molecule has 0 unspecified atom stereocenters. The van der Waals surface area contributed by atoms with Gasteiger partial charge in [-0.2, -0.15) is 0 Å². The summed E-state index contributed by atoms with van der Waals surface area (Å²) >= 11 is 6.07. The summed E-state index contributed by atoms with van der Waals surface area (Å²) in [5.41, 5.74) is 2.32. The minimum absolute atomic E-state index is 0.137. The molecule has 3 aromatic carbocycles. The Morgan fingerprint density at radius 2 is 1.48 bits per heavy atom. The van der Waals surface area contributed by atoms with E-state index in [4.69, 9.17) is 11.6 Å². The molecule has 0 bridgehead atoms. The minimum atomic E-state index is -3.64. The standard InChI is InChI=1S/C19H17ClN2O2S/c20-19-12-5-4-7-15(19)14-21-25(23,24)18-11-6-10-17(13-18)22-16-8-2-1-3-9-16/h1-13,21-22H,14H2. The lowest BCUT2D eigenvalue weighted by molar-refractivity contribution is 0.581. The van der Waals surface area contributed by atoms with Crippen LogP contribution < -0.4 is 10.0 Å². The van der Waals surface area contributed by atoms with Crippen molar-refractivity contribution in [1.29, 1.82) is 0 Å². The molecular weight excluding hydrogens is 356 g/mol. The third-order valence-electron chi connectivity index (χ3n) is 3.62. The predicted octanol–water partition coefficient (Wildman–Crippen LogP) is 4.56. The summed E-state index contributed by atoms with van der Waals surface area (Å²) in [6.45, 7) is 0.137. The molecule has 0 aliphatic rings. The van der Waals surface area contributed by atoms with Crippen molar-refractivity contribution in [3.63, 3.8) is 0 Å². The minimum Gasteiger partial charge on any atom is -0.355 e. The lowest BCUT2D eigenvalue weighted by atomic mass is 10.2. The Bertz CT molecular complexity index is 960. The fraction of sp³-hybridized carbons (Fsp3) is 0.0526. The quantitative estimate of drug-likeness (QED) is 0.666. The second-order valence-electron chi connectivity index (χ2n) is 5.43. The monoisotopic (exact) mass is 372 g/mol. The summed E-state index contributed by atoms with van der Waals surface area (Å²) in [5, 5.41) is 3.72. The second kappa shape index (κ2) is 7.70. The molecular formula is C19H17ClN2O2S. The van der Waals surface area contributed by atoms with Crippen LogP contribution in [0.15, 0.2) is 83.8 Å². The maximum atomic E-state index is 12.5. The zero-order chi connectivity index (χ0) is 17.7. The Hall–Kier alpha value is -2.34. The highest BCUT2D eigenvalue weighted by Crippen LogP contribution is 2.21. The van der Waals surface area contributed by atoms with Gasteiger partial charge in [0.05, 0.1) is 4.90 Å². The van der Waals surface area contributed by atoms with Crippen molar-refractivity contribution >= 4 is 33.0 Å². The molecule has 4 nitrogen and oxygen atoms in total. The fourth-order valence-electron chi connectivity index (χ4n) is 2.33. The van der Waals surface area contributed by atoms with E-state index in [1.807, 2.05) is 42.5 Å². The Kier molecular flexibility index (Phi) is 5.38. The average molecular weight is 373 g/mol. The third-order valence-corrected chi connectivity index (χ3v) is 5.38. The van der Waals surface area contributed by atoms with E-state index in [0.717, 1.165) is 11.3 Å². The molecule has 0 aliphatic carbocycles. The maximum Gasteiger partial charge on any atom is 0.240 e. The molecule has 0 saturated carbocycles. The number of halogens is 1. The van der Waals surface area contributed by atoms with Gasteiger partial charge >= 0.3 is 0 Å². The van der Waals surface area contributed by atoms with E-state index in [-0.39, 0.29) is 11.4 Å². The molecule has 0 fully saturated rings. The van der Waals surface area contributed by atoms with Crippen LogP contribution in [0.5, 0.6) is 0 Å². The van der Waals surface area contributed by atoms with Gasteiger partial charge in [0, 0.05) is 22.9 Å². The SMILES string of the molecule is O=S(=O)(NCc1ccccc1Cl)c1cccc(Nc2ccccc2)c1. The molecule has 0 atom stereocenters. The van der Waals surface area contributed by atoms with E-state index in [9.17, 15) is 8.42 Å². The maximum absolute atomic E-state index is 12.5. The summed E-state index contributed by atoms with van der Waals surface area (Å²) in [6.07, 6.45) is 0. The normalized spacial score (nSPS) is 11.2. The summed E-state index contributed by atoms with van der Waals surface area (Å²) < 4.78 is 27.7. The highest BCUT2D eigenvalue weighted by atomic mass is 35.5. The van der Waals surface area contributed by atoms with E-state index >= 15 is 0 Å². The van der Waals surface area contributed by atoms with Crippen molar-refractivity contribution in [2.24, 2.45) is 0 Å². The number of nitrogens with one attached hydrogen (secondary N) is 2. The molecule has 3 aromatic rings. The van der Waals surface area contributed by atoms with Gasteiger partial charge in [0.1, 0.15) is 0 Å². The summed E-state index contributed by atoms with van der Waals surface area (Å²) in [7, 11) is -3.64. The summed E-state index contributed by atoms with van der Waals surface area (Å²) in [6, 6.07) is 23.4. The van der Waals surface area contributed by atoms with Gasteiger partial charge in [-0.05, 0) is 42.0 Å². The zero-order valence-corrected chi connectivity index (χ0v) is 14.9. The highest BCUT2D eigenvalue weighted by molar-refractivity contribution is 7.89. The van der Waals surface area contributed by atoms with E-state index in [2.05, 4.69) is 10.0 Å². The van der Waals surface area contributed by atoms with Crippen LogP contribution in [-0.2, 0) is 16.6 Å². The topological polar surface area (TPSA) is 58.2 Å². The Balaban J connectivity index is 1.76. The van der Waals surface area contributed by atoms with Gasteiger partial charge in [0.15, 0.2) is 0 Å². The lowest BCUT2D eigenvalue weighted by Gasteiger charge is -2.11. The summed E-state index contributed by atoms with van der Waals surface area (Å²) in [4.78, 5) is 0.195. The molecule has 0 saturated heterocycles. The first-order valence-electron chi connectivity index (χ1n) is 7.70. The highest BCUT2D eigenvalue weighted by Gasteiger charge is 2.15. The summed E-state index contributed by atoms with van der Waals surface area (Å²) in [5.74, 6) is 0. The molecule has 0 amide bonds. The molecule has 0 radical (unpaired) electrons. The Morgan fingerprint density at radius 3 is 2.24 bits per heavy atom. The molecule has 25 heavy (non-hydrogen) atoms. The zero-order valence-electron chi connectivity index (χ0n) is 13.3. The van der Waals surface area contributed by atoms with Crippen LogP contribution in [0.2, 0.25) is 5.02 Å². The van der Waals surface area contributed by atoms with Crippen molar-refractivity contribution in [3.8, 4) is 0 Å². The van der Waals surface area contributed by atoms with Crippen molar-refractivity contribution in [2.45, 2.75) is 11.4 Å². The molecule has 3 rings (SSSR count). The first kappa shape index (κ1) is 17.5. The molecule has 0 aromatic heterocycles. The van der Waals surface area contributed by atoms with Crippen molar-refractivity contribution in [3.05, 3.63) is 89.4 Å². The van der Waals surface area contributed by atoms with Crippen molar-refractivity contribution in [1.82, 2.24) is 4.72 Å². The fourth-order valence-corrected chi connectivity index (χ4v) is 3.58. The number of benzene rings is 3. The van der Waals surface area contributed by atoms with Crippen LogP contribution in [0.4, 0.5) is 11.4 Å². The molecule has 0 spiro atoms. The average Bonchev–Trinajstić information content (AvgIpc) is 2.62. The van der Waals surface area contributed by atoms with Gasteiger partial charge < -0.3 is 5.32 Å². The number of hydrogen-bond donors (Lipinski definition) is 2. The molecule has 0 aliphatic heterocycles. The van der Waals surface area contributed by atoms with Gasteiger partial charge in [0.25, 0.3) is 0 Å². The van der Waals surface area contributed by atoms with Crippen molar-refractivity contribution < 1.29 is 8.42 Å². The first-order valence-corrected chi connectivity index (χ1v) is 9.56. The van der Waals surface area contributed by atoms with E-state index in [1.54, 1.807) is 36.4 Å². The van der Waals surface area contributed by atoms with Crippen LogP contribution in [0.3, 0.4) is 0 Å². The molecule has 0 heterocycles. The predicted molar refractivity (Wildman–Crippen MR) is 102 cm³/mol. The Labute approximate surface area is 152 Å². The van der Waals surface area contributed by atoms with Crippen LogP contribution in [-0.4, -0.2) is 8.42 Å². The number of sulfonamides is 1. The molecule has 6 heteroatoms. The van der Waals surface area contributed by atoms with Crippen LogP contribution in [0, 0.1) is 0 Å². The third kappa shape index (κ3) is 4.60. The van der Waals surface area contributed by atoms with Gasteiger partial charge in [-0.15, -0.1) is 0 Å². The van der Waals surface area contributed by atoms with Gasteiger partial charge in [-0.25, -0.2) is 13.1 Å². The van der Waals surface area contributed by atoms with Crippen LogP contribution in [0.1, 0.15) is 5.56 Å². The smallest absolute Gasteiger partial charge is 0.240 e. The largest absolute Gasteiger partial charge is 0.355 e. The number of rotatable bonds is 6. The molecule has 2 N–H and O–H groups in total. The van der Waals surface area contributed by atoms with E-state index in [1.165, 1.54) is 0 Å². The molecule has 128 valence electrons.